The maximum atomic E-state index is 13.1. The van der Waals surface area contributed by atoms with Gasteiger partial charge < -0.3 is 5.32 Å². The molecule has 152 valence electrons. The molecule has 0 saturated heterocycles. The van der Waals surface area contributed by atoms with Crippen molar-refractivity contribution in [2.24, 2.45) is 0 Å². The molecule has 1 saturated carbocycles. The molecule has 0 unspecified atom stereocenters. The normalized spacial score (nSPS) is 14.0. The highest BCUT2D eigenvalue weighted by Crippen LogP contribution is 2.32. The van der Waals surface area contributed by atoms with Crippen LogP contribution in [-0.4, -0.2) is 21.2 Å². The second kappa shape index (κ2) is 8.90. The number of anilines is 1. The molecular formula is C22H19ClN4O2S. The van der Waals surface area contributed by atoms with E-state index >= 15 is 0 Å². The highest BCUT2D eigenvalue weighted by atomic mass is 35.5. The van der Waals surface area contributed by atoms with Crippen LogP contribution in [0.25, 0.3) is 10.9 Å². The van der Waals surface area contributed by atoms with E-state index in [1.807, 2.05) is 24.3 Å². The van der Waals surface area contributed by atoms with E-state index in [0.717, 1.165) is 25.7 Å². The predicted octanol–water partition coefficient (Wildman–Crippen LogP) is 4.77. The number of nitriles is 1. The first-order valence-electron chi connectivity index (χ1n) is 9.70. The molecule has 30 heavy (non-hydrogen) atoms. The third-order valence-electron chi connectivity index (χ3n) is 5.17. The van der Waals surface area contributed by atoms with Crippen LogP contribution in [0.4, 0.5) is 5.69 Å². The van der Waals surface area contributed by atoms with Crippen molar-refractivity contribution in [3.05, 3.63) is 63.4 Å². The Morgan fingerprint density at radius 2 is 2.03 bits per heavy atom. The van der Waals surface area contributed by atoms with E-state index in [9.17, 15) is 9.59 Å². The van der Waals surface area contributed by atoms with Gasteiger partial charge in [-0.1, -0.05) is 48.3 Å². The van der Waals surface area contributed by atoms with E-state index in [0.29, 0.717) is 27.3 Å². The smallest absolute Gasteiger partial charge is 0.262 e. The van der Waals surface area contributed by atoms with Gasteiger partial charge in [0.1, 0.15) is 6.07 Å². The van der Waals surface area contributed by atoms with Crippen LogP contribution in [0.15, 0.2) is 52.4 Å². The minimum Gasteiger partial charge on any atom is -0.325 e. The number of hydrogen-bond donors (Lipinski definition) is 1. The monoisotopic (exact) mass is 438 g/mol. The van der Waals surface area contributed by atoms with Crippen LogP contribution in [0.3, 0.4) is 0 Å². The molecule has 0 bridgehead atoms. The van der Waals surface area contributed by atoms with E-state index in [4.69, 9.17) is 16.9 Å². The van der Waals surface area contributed by atoms with Gasteiger partial charge in [-0.15, -0.1) is 0 Å². The summed E-state index contributed by atoms with van der Waals surface area (Å²) in [4.78, 5) is 30.3. The number of halogens is 1. The van der Waals surface area contributed by atoms with Crippen LogP contribution in [0.5, 0.6) is 0 Å². The van der Waals surface area contributed by atoms with Crippen LogP contribution in [0, 0.1) is 11.3 Å². The standard InChI is InChI=1S/C22H19ClN4O2S/c23-18-11-15(10-9-14(18)12-24)25-20(28)13-30-22-26-19-8-4-3-7-17(19)21(29)27(22)16-5-1-2-6-16/h3-4,7-11,16H,1-2,5-6,13H2,(H,25,28). The lowest BCUT2D eigenvalue weighted by Crippen LogP contribution is -2.27. The van der Waals surface area contributed by atoms with Gasteiger partial charge >= 0.3 is 0 Å². The van der Waals surface area contributed by atoms with Gasteiger partial charge in [-0.3, -0.25) is 14.2 Å². The maximum Gasteiger partial charge on any atom is 0.262 e. The zero-order chi connectivity index (χ0) is 21.1. The lowest BCUT2D eigenvalue weighted by Gasteiger charge is -2.18. The topological polar surface area (TPSA) is 87.8 Å². The summed E-state index contributed by atoms with van der Waals surface area (Å²) in [5.41, 5.74) is 1.46. The number of benzene rings is 2. The molecule has 6 nitrogen and oxygen atoms in total. The molecule has 1 aromatic heterocycles. The van der Waals surface area contributed by atoms with E-state index in [1.165, 1.54) is 11.8 Å². The van der Waals surface area contributed by atoms with Gasteiger partial charge in [0.2, 0.25) is 5.91 Å². The number of fused-ring (bicyclic) bond motifs is 1. The van der Waals surface area contributed by atoms with E-state index in [2.05, 4.69) is 10.3 Å². The largest absolute Gasteiger partial charge is 0.325 e. The van der Waals surface area contributed by atoms with Crippen LogP contribution in [0.1, 0.15) is 37.3 Å². The van der Waals surface area contributed by atoms with Crippen molar-refractivity contribution in [3.8, 4) is 6.07 Å². The number of aromatic nitrogens is 2. The minimum absolute atomic E-state index is 0.0470. The molecule has 0 aliphatic heterocycles. The lowest BCUT2D eigenvalue weighted by molar-refractivity contribution is -0.113. The summed E-state index contributed by atoms with van der Waals surface area (Å²) in [5, 5.41) is 13.2. The fraction of sp³-hybridized carbons (Fsp3) is 0.273. The number of hydrogen-bond acceptors (Lipinski definition) is 5. The molecule has 3 aromatic rings. The number of nitrogens with zero attached hydrogens (tertiary/aromatic N) is 3. The highest BCUT2D eigenvalue weighted by molar-refractivity contribution is 7.99. The van der Waals surface area contributed by atoms with Crippen LogP contribution in [-0.2, 0) is 4.79 Å². The quantitative estimate of drug-likeness (QED) is 0.458. The first-order chi connectivity index (χ1) is 14.6. The molecule has 1 amide bonds. The molecular weight excluding hydrogens is 420 g/mol. The van der Waals surface area contributed by atoms with Gasteiger partial charge in [0.05, 0.1) is 27.2 Å². The second-order valence-corrected chi connectivity index (χ2v) is 8.52. The first kappa shape index (κ1) is 20.5. The second-order valence-electron chi connectivity index (χ2n) is 7.17. The molecule has 0 spiro atoms. The molecule has 1 aliphatic carbocycles. The van der Waals surface area contributed by atoms with Gasteiger partial charge in [0.15, 0.2) is 5.16 Å². The number of carbonyl (C=O) groups excluding carboxylic acids is 1. The van der Waals surface area contributed by atoms with Gasteiger partial charge in [-0.2, -0.15) is 5.26 Å². The van der Waals surface area contributed by atoms with Gasteiger partial charge in [0, 0.05) is 11.7 Å². The maximum absolute atomic E-state index is 13.1. The molecule has 2 aromatic carbocycles. The summed E-state index contributed by atoms with van der Waals surface area (Å²) >= 11 is 7.28. The van der Waals surface area contributed by atoms with Gasteiger partial charge in [-0.05, 0) is 43.2 Å². The number of thioether (sulfide) groups is 1. The predicted molar refractivity (Wildman–Crippen MR) is 119 cm³/mol. The zero-order valence-electron chi connectivity index (χ0n) is 16.1. The Morgan fingerprint density at radius 1 is 1.27 bits per heavy atom. The number of para-hydroxylation sites is 1. The van der Waals surface area contributed by atoms with Gasteiger partial charge in [-0.25, -0.2) is 4.98 Å². The Morgan fingerprint density at radius 3 is 2.77 bits per heavy atom. The zero-order valence-corrected chi connectivity index (χ0v) is 17.7. The fourth-order valence-electron chi connectivity index (χ4n) is 3.72. The van der Waals surface area contributed by atoms with E-state index in [1.54, 1.807) is 28.8 Å². The van der Waals surface area contributed by atoms with Crippen molar-refractivity contribution in [1.82, 2.24) is 9.55 Å². The average molecular weight is 439 g/mol. The Balaban J connectivity index is 1.56. The number of rotatable bonds is 5. The van der Waals surface area contributed by atoms with Gasteiger partial charge in [0.25, 0.3) is 5.56 Å². The van der Waals surface area contributed by atoms with Crippen LogP contribution < -0.4 is 10.9 Å². The van der Waals surface area contributed by atoms with Crippen molar-refractivity contribution in [1.29, 1.82) is 5.26 Å². The van der Waals surface area contributed by atoms with Crippen molar-refractivity contribution < 1.29 is 4.79 Å². The minimum atomic E-state index is -0.235. The number of nitrogens with one attached hydrogen (secondary N) is 1. The Bertz CT molecular complexity index is 1210. The molecule has 0 radical (unpaired) electrons. The average Bonchev–Trinajstić information content (AvgIpc) is 3.27. The summed E-state index contributed by atoms with van der Waals surface area (Å²) in [5.74, 6) is -0.129. The summed E-state index contributed by atoms with van der Waals surface area (Å²) in [6.07, 6.45) is 4.08. The van der Waals surface area contributed by atoms with Crippen LogP contribution in [0.2, 0.25) is 5.02 Å². The Hall–Kier alpha value is -2.82. The Kier molecular flexibility index (Phi) is 6.07. The van der Waals surface area contributed by atoms with Crippen molar-refractivity contribution in [2.75, 3.05) is 11.1 Å². The third kappa shape index (κ3) is 4.20. The van der Waals surface area contributed by atoms with Crippen molar-refractivity contribution in [2.45, 2.75) is 36.9 Å². The fourth-order valence-corrected chi connectivity index (χ4v) is 4.81. The lowest BCUT2D eigenvalue weighted by atomic mass is 10.2. The summed E-state index contributed by atoms with van der Waals surface area (Å²) in [6.45, 7) is 0. The Labute approximate surface area is 182 Å². The SMILES string of the molecule is N#Cc1ccc(NC(=O)CSc2nc3ccccc3c(=O)n2C2CCCC2)cc1Cl. The molecule has 1 aliphatic rings. The highest BCUT2D eigenvalue weighted by Gasteiger charge is 2.23. The molecule has 1 fully saturated rings. The molecule has 1 heterocycles. The summed E-state index contributed by atoms with van der Waals surface area (Å²) < 4.78 is 1.77. The summed E-state index contributed by atoms with van der Waals surface area (Å²) in [7, 11) is 0. The first-order valence-corrected chi connectivity index (χ1v) is 11.1. The van der Waals surface area contributed by atoms with E-state index in [-0.39, 0.29) is 28.3 Å². The van der Waals surface area contributed by atoms with Crippen molar-refractivity contribution >= 4 is 45.9 Å². The molecule has 8 heteroatoms. The molecule has 4 rings (SSSR count). The van der Waals surface area contributed by atoms with Crippen LogP contribution >= 0.6 is 23.4 Å². The molecule has 1 N–H and O–H groups in total. The number of carbonyl (C=O) groups is 1. The van der Waals surface area contributed by atoms with E-state index < -0.39 is 0 Å². The molecule has 0 atom stereocenters. The third-order valence-corrected chi connectivity index (χ3v) is 6.44. The van der Waals surface area contributed by atoms with Crippen molar-refractivity contribution in [3.63, 3.8) is 0 Å². The summed E-state index contributed by atoms with van der Waals surface area (Å²) in [6, 6.07) is 14.2. The number of amides is 1.